The van der Waals surface area contributed by atoms with Gasteiger partial charge >= 0.3 is 0 Å². The van der Waals surface area contributed by atoms with E-state index < -0.39 is 0 Å². The van der Waals surface area contributed by atoms with Crippen LogP contribution in [0.5, 0.6) is 0 Å². The number of hydrogen-bond acceptors (Lipinski definition) is 2. The largest absolute Gasteiger partial charge is 0.325 e. The lowest BCUT2D eigenvalue weighted by Crippen LogP contribution is -1.96. The van der Waals surface area contributed by atoms with Crippen molar-refractivity contribution in [3.8, 4) is 0 Å². The van der Waals surface area contributed by atoms with Crippen molar-refractivity contribution < 1.29 is 0 Å². The first-order valence-electron chi connectivity index (χ1n) is 5.99. The molecule has 0 aromatic carbocycles. The third-order valence-electron chi connectivity index (χ3n) is 2.66. The Hall–Kier alpha value is -0.150. The molecule has 0 radical (unpaired) electrons. The zero-order valence-electron chi connectivity index (χ0n) is 10.2. The molecule has 0 aliphatic rings. The van der Waals surface area contributed by atoms with Crippen LogP contribution in [-0.4, -0.2) is 15.3 Å². The number of alkyl halides is 1. The highest BCUT2D eigenvalue weighted by Crippen LogP contribution is 2.20. The number of hydrogen-bond donors (Lipinski definition) is 0. The Kier molecular flexibility index (Phi) is 6.97. The summed E-state index contributed by atoms with van der Waals surface area (Å²) in [5.41, 5.74) is 1.09. The van der Waals surface area contributed by atoms with E-state index in [1.54, 1.807) is 0 Å². The molecule has 1 heterocycles. The summed E-state index contributed by atoms with van der Waals surface area (Å²) in [4.78, 5) is 4.36. The summed E-state index contributed by atoms with van der Waals surface area (Å²) in [5, 5.41) is 1.09. The number of rotatable bonds is 8. The van der Waals surface area contributed by atoms with Gasteiger partial charge in [-0.15, -0.1) is 11.6 Å². The Morgan fingerprint density at radius 1 is 1.31 bits per heavy atom. The molecule has 92 valence electrons. The fourth-order valence-corrected chi connectivity index (χ4v) is 2.77. The molecule has 0 saturated heterocycles. The van der Waals surface area contributed by atoms with Crippen LogP contribution in [0.15, 0.2) is 11.4 Å². The molecule has 0 bridgehead atoms. The van der Waals surface area contributed by atoms with Crippen LogP contribution in [0.4, 0.5) is 0 Å². The SMILES string of the molecule is CCCCCCCSc1ncc(CCl)n1C. The van der Waals surface area contributed by atoms with Gasteiger partial charge in [0.1, 0.15) is 0 Å². The van der Waals surface area contributed by atoms with Crippen molar-refractivity contribution in [3.63, 3.8) is 0 Å². The van der Waals surface area contributed by atoms with Gasteiger partial charge in [0.15, 0.2) is 5.16 Å². The van der Waals surface area contributed by atoms with Gasteiger partial charge in [-0.25, -0.2) is 4.98 Å². The van der Waals surface area contributed by atoms with Gasteiger partial charge in [0, 0.05) is 12.8 Å². The molecule has 1 aromatic rings. The van der Waals surface area contributed by atoms with Gasteiger partial charge in [0.05, 0.1) is 17.8 Å². The monoisotopic (exact) mass is 260 g/mol. The van der Waals surface area contributed by atoms with Crippen molar-refractivity contribution >= 4 is 23.4 Å². The van der Waals surface area contributed by atoms with Gasteiger partial charge in [-0.3, -0.25) is 0 Å². The summed E-state index contributed by atoms with van der Waals surface area (Å²) >= 11 is 7.63. The smallest absolute Gasteiger partial charge is 0.167 e. The van der Waals surface area contributed by atoms with Crippen molar-refractivity contribution in [2.75, 3.05) is 5.75 Å². The first-order chi connectivity index (χ1) is 7.79. The summed E-state index contributed by atoms with van der Waals surface area (Å²) in [6, 6.07) is 0. The van der Waals surface area contributed by atoms with Crippen LogP contribution < -0.4 is 0 Å². The summed E-state index contributed by atoms with van der Waals surface area (Å²) in [5.74, 6) is 1.71. The zero-order valence-corrected chi connectivity index (χ0v) is 11.8. The maximum Gasteiger partial charge on any atom is 0.167 e. The molecule has 0 aliphatic heterocycles. The molecule has 16 heavy (non-hydrogen) atoms. The van der Waals surface area contributed by atoms with Gasteiger partial charge < -0.3 is 4.57 Å². The Labute approximate surface area is 108 Å². The predicted octanol–water partition coefficient (Wildman–Crippen LogP) is 4.22. The second-order valence-corrected chi connectivity index (χ2v) is 5.32. The van der Waals surface area contributed by atoms with E-state index >= 15 is 0 Å². The van der Waals surface area contributed by atoms with Crippen LogP contribution >= 0.6 is 23.4 Å². The molecule has 0 fully saturated rings. The van der Waals surface area contributed by atoms with Crippen LogP contribution in [0, 0.1) is 0 Å². The lowest BCUT2D eigenvalue weighted by Gasteiger charge is -2.03. The third-order valence-corrected chi connectivity index (χ3v) is 4.06. The summed E-state index contributed by atoms with van der Waals surface area (Å²) in [6.07, 6.45) is 8.54. The van der Waals surface area contributed by atoms with E-state index in [4.69, 9.17) is 11.6 Å². The number of unbranched alkanes of at least 4 members (excludes halogenated alkanes) is 4. The second kappa shape index (κ2) is 8.02. The second-order valence-electron chi connectivity index (χ2n) is 3.99. The molecular formula is C12H21ClN2S. The summed E-state index contributed by atoms with van der Waals surface area (Å²) in [6.45, 7) is 2.25. The standard InChI is InChI=1S/C12H21ClN2S/c1-3-4-5-6-7-8-16-12-14-10-11(9-13)15(12)2/h10H,3-9H2,1-2H3. The van der Waals surface area contributed by atoms with E-state index in [9.17, 15) is 0 Å². The topological polar surface area (TPSA) is 17.8 Å². The Bertz CT molecular complexity index is 299. The van der Waals surface area contributed by atoms with E-state index in [-0.39, 0.29) is 0 Å². The molecular weight excluding hydrogens is 240 g/mol. The zero-order chi connectivity index (χ0) is 11.8. The number of aromatic nitrogens is 2. The van der Waals surface area contributed by atoms with Crippen LogP contribution in [-0.2, 0) is 12.9 Å². The fraction of sp³-hybridized carbons (Fsp3) is 0.750. The van der Waals surface area contributed by atoms with E-state index in [0.717, 1.165) is 16.6 Å². The van der Waals surface area contributed by atoms with Gasteiger partial charge in [0.2, 0.25) is 0 Å². The molecule has 1 aromatic heterocycles. The van der Waals surface area contributed by atoms with E-state index in [0.29, 0.717) is 5.88 Å². The number of nitrogens with zero attached hydrogens (tertiary/aromatic N) is 2. The molecule has 2 nitrogen and oxygen atoms in total. The lowest BCUT2D eigenvalue weighted by molar-refractivity contribution is 0.658. The Balaban J connectivity index is 2.19. The minimum atomic E-state index is 0.542. The molecule has 0 spiro atoms. The maximum atomic E-state index is 5.79. The third kappa shape index (κ3) is 4.38. The van der Waals surface area contributed by atoms with Gasteiger partial charge in [0.25, 0.3) is 0 Å². The molecule has 0 aliphatic carbocycles. The Morgan fingerprint density at radius 3 is 2.69 bits per heavy atom. The lowest BCUT2D eigenvalue weighted by atomic mass is 10.2. The van der Waals surface area contributed by atoms with Crippen LogP contribution in [0.3, 0.4) is 0 Å². The predicted molar refractivity (Wildman–Crippen MR) is 72.2 cm³/mol. The first kappa shape index (κ1) is 13.9. The van der Waals surface area contributed by atoms with E-state index in [1.807, 2.05) is 25.0 Å². The summed E-state index contributed by atoms with van der Waals surface area (Å²) in [7, 11) is 2.03. The van der Waals surface area contributed by atoms with Crippen molar-refractivity contribution in [2.24, 2.45) is 7.05 Å². The molecule has 0 atom stereocenters. The van der Waals surface area contributed by atoms with Crippen LogP contribution in [0.1, 0.15) is 44.7 Å². The van der Waals surface area contributed by atoms with Crippen molar-refractivity contribution in [1.82, 2.24) is 9.55 Å². The molecule has 1 rings (SSSR count). The van der Waals surface area contributed by atoms with Crippen LogP contribution in [0.25, 0.3) is 0 Å². The average Bonchev–Trinajstić information content (AvgIpc) is 2.65. The maximum absolute atomic E-state index is 5.79. The number of halogens is 1. The molecule has 0 saturated carbocycles. The summed E-state index contributed by atoms with van der Waals surface area (Å²) < 4.78 is 2.09. The minimum absolute atomic E-state index is 0.542. The highest BCUT2D eigenvalue weighted by Gasteiger charge is 2.05. The highest BCUT2D eigenvalue weighted by atomic mass is 35.5. The van der Waals surface area contributed by atoms with Gasteiger partial charge in [-0.1, -0.05) is 44.4 Å². The molecule has 0 unspecified atom stereocenters. The fourth-order valence-electron chi connectivity index (χ4n) is 1.55. The minimum Gasteiger partial charge on any atom is -0.325 e. The van der Waals surface area contributed by atoms with Crippen molar-refractivity contribution in [1.29, 1.82) is 0 Å². The molecule has 0 N–H and O–H groups in total. The van der Waals surface area contributed by atoms with Crippen molar-refractivity contribution in [3.05, 3.63) is 11.9 Å². The Morgan fingerprint density at radius 2 is 2.06 bits per heavy atom. The van der Waals surface area contributed by atoms with Crippen LogP contribution in [0.2, 0.25) is 0 Å². The normalized spacial score (nSPS) is 10.9. The van der Waals surface area contributed by atoms with Crippen molar-refractivity contribution in [2.45, 2.75) is 50.1 Å². The van der Waals surface area contributed by atoms with Gasteiger partial charge in [-0.2, -0.15) is 0 Å². The van der Waals surface area contributed by atoms with Gasteiger partial charge in [-0.05, 0) is 6.42 Å². The average molecular weight is 261 g/mol. The highest BCUT2D eigenvalue weighted by molar-refractivity contribution is 7.99. The number of imidazole rings is 1. The van der Waals surface area contributed by atoms with E-state index in [2.05, 4.69) is 16.5 Å². The van der Waals surface area contributed by atoms with E-state index in [1.165, 1.54) is 32.1 Å². The number of thioether (sulfide) groups is 1. The molecule has 0 amide bonds. The quantitative estimate of drug-likeness (QED) is 0.396. The molecule has 4 heteroatoms. The first-order valence-corrected chi connectivity index (χ1v) is 7.51.